The van der Waals surface area contributed by atoms with Crippen LogP contribution in [0.4, 0.5) is 5.95 Å². The van der Waals surface area contributed by atoms with Crippen molar-refractivity contribution in [3.63, 3.8) is 0 Å². The third kappa shape index (κ3) is 1.64. The monoisotopic (exact) mass is 220 g/mol. The van der Waals surface area contributed by atoms with Gasteiger partial charge in [0.15, 0.2) is 0 Å². The number of aromatic nitrogens is 2. The normalized spacial score (nSPS) is 10.6. The van der Waals surface area contributed by atoms with Crippen LogP contribution >= 0.6 is 0 Å². The van der Waals surface area contributed by atoms with E-state index in [2.05, 4.69) is 10.4 Å². The van der Waals surface area contributed by atoms with E-state index in [9.17, 15) is 4.79 Å². The molecule has 84 valence electrons. The third-order valence-electron chi connectivity index (χ3n) is 2.31. The minimum absolute atomic E-state index is 0.144. The Hall–Kier alpha value is -1.92. The fourth-order valence-electron chi connectivity index (χ4n) is 1.59. The van der Waals surface area contributed by atoms with E-state index < -0.39 is 0 Å². The molecule has 0 fully saturated rings. The second-order valence-corrected chi connectivity index (χ2v) is 3.28. The number of aliphatic hydroxyl groups is 1. The van der Waals surface area contributed by atoms with Crippen LogP contribution in [0.2, 0.25) is 0 Å². The maximum absolute atomic E-state index is 12.0. The van der Waals surface area contributed by atoms with Crippen LogP contribution in [0.1, 0.15) is 0 Å². The molecule has 0 unspecified atom stereocenters. The molecule has 0 saturated heterocycles. The molecular formula is C10H12N4O2. The molecule has 0 atom stereocenters. The van der Waals surface area contributed by atoms with Crippen LogP contribution < -0.4 is 16.8 Å². The summed E-state index contributed by atoms with van der Waals surface area (Å²) in [6.45, 7) is 0.0187. The van der Waals surface area contributed by atoms with E-state index in [1.807, 2.05) is 0 Å². The average molecular weight is 220 g/mol. The Morgan fingerprint density at radius 2 is 2.19 bits per heavy atom. The predicted octanol–water partition coefficient (Wildman–Crippen LogP) is -0.326. The van der Waals surface area contributed by atoms with Gasteiger partial charge in [-0.1, -0.05) is 12.1 Å². The molecule has 1 aromatic heterocycles. The zero-order chi connectivity index (χ0) is 11.5. The van der Waals surface area contributed by atoms with E-state index in [0.29, 0.717) is 10.9 Å². The number of rotatable bonds is 3. The molecular weight excluding hydrogens is 208 g/mol. The number of hydrazine groups is 1. The maximum atomic E-state index is 12.0. The molecule has 0 saturated carbocycles. The highest BCUT2D eigenvalue weighted by Gasteiger charge is 2.08. The minimum Gasteiger partial charge on any atom is -0.395 e. The summed E-state index contributed by atoms with van der Waals surface area (Å²) in [6.07, 6.45) is 0. The maximum Gasteiger partial charge on any atom is 0.262 e. The van der Waals surface area contributed by atoms with Crippen LogP contribution in [0.15, 0.2) is 29.1 Å². The van der Waals surface area contributed by atoms with Crippen molar-refractivity contribution in [1.29, 1.82) is 0 Å². The van der Waals surface area contributed by atoms with E-state index in [0.717, 1.165) is 0 Å². The zero-order valence-electron chi connectivity index (χ0n) is 8.55. The van der Waals surface area contributed by atoms with Crippen molar-refractivity contribution in [2.45, 2.75) is 6.54 Å². The van der Waals surface area contributed by atoms with Crippen molar-refractivity contribution in [1.82, 2.24) is 9.55 Å². The number of fused-ring (bicyclic) bond motifs is 1. The molecule has 16 heavy (non-hydrogen) atoms. The summed E-state index contributed by atoms with van der Waals surface area (Å²) in [4.78, 5) is 16.2. The van der Waals surface area contributed by atoms with Crippen LogP contribution in [0.3, 0.4) is 0 Å². The number of benzene rings is 1. The van der Waals surface area contributed by atoms with Crippen molar-refractivity contribution >= 4 is 16.9 Å². The second-order valence-electron chi connectivity index (χ2n) is 3.28. The van der Waals surface area contributed by atoms with Gasteiger partial charge in [0.25, 0.3) is 5.56 Å². The molecule has 0 aliphatic carbocycles. The number of hydrogen-bond donors (Lipinski definition) is 3. The van der Waals surface area contributed by atoms with E-state index in [1.165, 1.54) is 4.57 Å². The molecule has 0 spiro atoms. The van der Waals surface area contributed by atoms with Gasteiger partial charge in [0.05, 0.1) is 24.1 Å². The Morgan fingerprint density at radius 3 is 2.88 bits per heavy atom. The predicted molar refractivity (Wildman–Crippen MR) is 60.9 cm³/mol. The smallest absolute Gasteiger partial charge is 0.262 e. The molecule has 1 heterocycles. The Kier molecular flexibility index (Phi) is 2.84. The highest BCUT2D eigenvalue weighted by atomic mass is 16.3. The summed E-state index contributed by atoms with van der Waals surface area (Å²) in [7, 11) is 0. The lowest BCUT2D eigenvalue weighted by Gasteiger charge is -2.10. The topological polar surface area (TPSA) is 93.2 Å². The number of anilines is 1. The summed E-state index contributed by atoms with van der Waals surface area (Å²) in [6, 6.07) is 7.00. The first-order valence-electron chi connectivity index (χ1n) is 4.85. The average Bonchev–Trinajstić information content (AvgIpc) is 2.33. The number of nitrogen functional groups attached to an aromatic ring is 1. The molecule has 6 nitrogen and oxygen atoms in total. The number of aliphatic hydroxyl groups excluding tert-OH is 1. The zero-order valence-corrected chi connectivity index (χ0v) is 8.55. The lowest BCUT2D eigenvalue weighted by Crippen LogP contribution is -2.28. The quantitative estimate of drug-likeness (QED) is 0.486. The highest BCUT2D eigenvalue weighted by molar-refractivity contribution is 5.78. The van der Waals surface area contributed by atoms with Crippen molar-refractivity contribution < 1.29 is 5.11 Å². The first-order valence-corrected chi connectivity index (χ1v) is 4.85. The van der Waals surface area contributed by atoms with E-state index in [1.54, 1.807) is 24.3 Å². The van der Waals surface area contributed by atoms with Gasteiger partial charge in [-0.3, -0.25) is 14.8 Å². The molecule has 1 aromatic carbocycles. The van der Waals surface area contributed by atoms with Crippen molar-refractivity contribution in [3.8, 4) is 0 Å². The van der Waals surface area contributed by atoms with Crippen LogP contribution in [0.25, 0.3) is 10.9 Å². The Morgan fingerprint density at radius 1 is 1.44 bits per heavy atom. The van der Waals surface area contributed by atoms with Gasteiger partial charge in [0.2, 0.25) is 5.95 Å². The first-order chi connectivity index (χ1) is 7.77. The molecule has 0 radical (unpaired) electrons. The van der Waals surface area contributed by atoms with E-state index in [-0.39, 0.29) is 24.7 Å². The molecule has 2 rings (SSSR count). The second kappa shape index (κ2) is 4.30. The number of nitrogens with zero attached hydrogens (tertiary/aromatic N) is 2. The van der Waals surface area contributed by atoms with Crippen molar-refractivity contribution in [2.75, 3.05) is 12.0 Å². The Balaban J connectivity index is 2.77. The van der Waals surface area contributed by atoms with Crippen molar-refractivity contribution in [3.05, 3.63) is 34.6 Å². The Bertz CT molecular complexity index is 564. The van der Waals surface area contributed by atoms with E-state index >= 15 is 0 Å². The number of nitrogens with two attached hydrogens (primary N) is 1. The van der Waals surface area contributed by atoms with Gasteiger partial charge in [-0.25, -0.2) is 10.8 Å². The molecule has 2 aromatic rings. The van der Waals surface area contributed by atoms with Gasteiger partial charge in [-0.15, -0.1) is 0 Å². The van der Waals surface area contributed by atoms with Gasteiger partial charge >= 0.3 is 0 Å². The van der Waals surface area contributed by atoms with E-state index in [4.69, 9.17) is 10.9 Å². The summed E-state index contributed by atoms with van der Waals surface area (Å²) >= 11 is 0. The number of para-hydroxylation sites is 1. The first kappa shape index (κ1) is 10.6. The van der Waals surface area contributed by atoms with Gasteiger partial charge in [0.1, 0.15) is 0 Å². The fourth-order valence-corrected chi connectivity index (χ4v) is 1.59. The molecule has 0 bridgehead atoms. The third-order valence-corrected chi connectivity index (χ3v) is 2.31. The molecule has 0 amide bonds. The lowest BCUT2D eigenvalue weighted by atomic mass is 10.2. The van der Waals surface area contributed by atoms with Gasteiger partial charge < -0.3 is 5.11 Å². The van der Waals surface area contributed by atoms with Crippen LogP contribution in [-0.2, 0) is 6.54 Å². The molecule has 0 aliphatic rings. The number of nitrogens with one attached hydrogen (secondary N) is 1. The van der Waals surface area contributed by atoms with Gasteiger partial charge in [-0.2, -0.15) is 0 Å². The summed E-state index contributed by atoms with van der Waals surface area (Å²) in [5.74, 6) is 5.53. The minimum atomic E-state index is -0.215. The van der Waals surface area contributed by atoms with Crippen molar-refractivity contribution in [2.24, 2.45) is 5.84 Å². The standard InChI is InChI=1S/C10H12N4O2/c11-13-10-12-8-4-2-1-3-7(8)9(16)14(10)5-6-15/h1-4,15H,5-6,11H2,(H,12,13). The number of hydrogen-bond acceptors (Lipinski definition) is 5. The SMILES string of the molecule is NNc1nc2ccccc2c(=O)n1CCO. The van der Waals surface area contributed by atoms with Crippen LogP contribution in [0, 0.1) is 0 Å². The molecule has 0 aliphatic heterocycles. The lowest BCUT2D eigenvalue weighted by molar-refractivity contribution is 0.275. The van der Waals surface area contributed by atoms with Crippen LogP contribution in [0.5, 0.6) is 0 Å². The van der Waals surface area contributed by atoms with Crippen LogP contribution in [-0.4, -0.2) is 21.3 Å². The summed E-state index contributed by atoms with van der Waals surface area (Å²) in [5, 5.41) is 9.39. The molecule has 6 heteroatoms. The Labute approximate surface area is 91.3 Å². The summed E-state index contributed by atoms with van der Waals surface area (Å²) < 4.78 is 1.31. The van der Waals surface area contributed by atoms with Gasteiger partial charge in [-0.05, 0) is 12.1 Å². The summed E-state index contributed by atoms with van der Waals surface area (Å²) in [5.41, 5.74) is 2.72. The fraction of sp³-hybridized carbons (Fsp3) is 0.200. The largest absolute Gasteiger partial charge is 0.395 e. The van der Waals surface area contributed by atoms with Gasteiger partial charge in [0, 0.05) is 0 Å². The highest BCUT2D eigenvalue weighted by Crippen LogP contribution is 2.09. The molecule has 4 N–H and O–H groups in total.